The SMILES string of the molecule is CCc1nn2c(=O)cc(COC(=O)C3(c4ccc(Cl)cc4)CCCC3)nc2s1. The number of aryl methyl sites for hydroxylation is 1. The van der Waals surface area contributed by atoms with Crippen molar-refractivity contribution in [3.8, 4) is 0 Å². The number of benzene rings is 1. The lowest BCUT2D eigenvalue weighted by Gasteiger charge is -2.27. The third-order valence-corrected chi connectivity index (χ3v) is 6.54. The number of nitrogens with zero attached hydrogens (tertiary/aromatic N) is 3. The fourth-order valence-electron chi connectivity index (χ4n) is 3.75. The molecule has 1 aromatic carbocycles. The molecule has 1 aliphatic rings. The molecular formula is C20H20ClN3O3S. The van der Waals surface area contributed by atoms with Crippen molar-refractivity contribution < 1.29 is 9.53 Å². The molecule has 4 rings (SSSR count). The van der Waals surface area contributed by atoms with Gasteiger partial charge in [0.05, 0.1) is 11.1 Å². The Morgan fingerprint density at radius 1 is 1.29 bits per heavy atom. The topological polar surface area (TPSA) is 73.6 Å². The van der Waals surface area contributed by atoms with Crippen LogP contribution in [-0.2, 0) is 28.0 Å². The minimum absolute atomic E-state index is 0.0285. The minimum atomic E-state index is -0.649. The third-order valence-electron chi connectivity index (χ3n) is 5.24. The standard InChI is InChI=1S/C20H20ClN3O3S/c1-2-16-23-24-17(25)11-15(22-19(24)28-16)12-27-18(26)20(9-3-4-10-20)13-5-7-14(21)8-6-13/h5-8,11H,2-4,9-10,12H2,1H3. The van der Waals surface area contributed by atoms with Crippen molar-refractivity contribution in [1.29, 1.82) is 0 Å². The first-order chi connectivity index (χ1) is 13.5. The maximum absolute atomic E-state index is 13.0. The van der Waals surface area contributed by atoms with Crippen LogP contribution in [0.15, 0.2) is 35.1 Å². The van der Waals surface area contributed by atoms with Gasteiger partial charge < -0.3 is 4.74 Å². The molecule has 6 nitrogen and oxygen atoms in total. The van der Waals surface area contributed by atoms with Gasteiger partial charge in [0, 0.05) is 11.1 Å². The largest absolute Gasteiger partial charge is 0.458 e. The van der Waals surface area contributed by atoms with Gasteiger partial charge in [-0.05, 0) is 37.0 Å². The number of halogens is 1. The molecule has 146 valence electrons. The molecule has 0 amide bonds. The lowest BCUT2D eigenvalue weighted by molar-refractivity contribution is -0.152. The second kappa shape index (κ2) is 7.64. The first-order valence-corrected chi connectivity index (χ1v) is 10.5. The molecular weight excluding hydrogens is 398 g/mol. The summed E-state index contributed by atoms with van der Waals surface area (Å²) in [6.45, 7) is 1.95. The molecule has 1 saturated carbocycles. The van der Waals surface area contributed by atoms with Crippen LogP contribution in [0, 0.1) is 0 Å². The summed E-state index contributed by atoms with van der Waals surface area (Å²) < 4.78 is 6.93. The Labute approximate surface area is 171 Å². The molecule has 8 heteroatoms. The Morgan fingerprint density at radius 3 is 2.68 bits per heavy atom. The Hall–Kier alpha value is -2.25. The average Bonchev–Trinajstić information content (AvgIpc) is 3.34. The van der Waals surface area contributed by atoms with Gasteiger partial charge in [-0.25, -0.2) is 4.98 Å². The van der Waals surface area contributed by atoms with E-state index in [0.29, 0.717) is 15.7 Å². The molecule has 0 radical (unpaired) electrons. The van der Waals surface area contributed by atoms with Crippen molar-refractivity contribution >= 4 is 33.9 Å². The number of hydrogen-bond donors (Lipinski definition) is 0. The molecule has 2 heterocycles. The van der Waals surface area contributed by atoms with Crippen molar-refractivity contribution in [1.82, 2.24) is 14.6 Å². The van der Waals surface area contributed by atoms with Crippen LogP contribution in [0.3, 0.4) is 0 Å². The van der Waals surface area contributed by atoms with Gasteiger partial charge in [-0.1, -0.05) is 54.8 Å². The lowest BCUT2D eigenvalue weighted by atomic mass is 9.79. The van der Waals surface area contributed by atoms with Crippen molar-refractivity contribution in [3.05, 3.63) is 62.0 Å². The molecule has 1 aliphatic carbocycles. The monoisotopic (exact) mass is 417 g/mol. The van der Waals surface area contributed by atoms with Crippen LogP contribution in [0.25, 0.3) is 4.96 Å². The molecule has 0 spiro atoms. The van der Waals surface area contributed by atoms with Gasteiger partial charge in [0.1, 0.15) is 11.6 Å². The summed E-state index contributed by atoms with van der Waals surface area (Å²) in [6.07, 6.45) is 4.18. The van der Waals surface area contributed by atoms with E-state index in [4.69, 9.17) is 16.3 Å². The van der Waals surface area contributed by atoms with Gasteiger partial charge in [-0.2, -0.15) is 9.61 Å². The number of fused-ring (bicyclic) bond motifs is 1. The molecule has 0 aliphatic heterocycles. The van der Waals surface area contributed by atoms with Crippen LogP contribution in [-0.4, -0.2) is 20.6 Å². The van der Waals surface area contributed by atoms with E-state index in [2.05, 4.69) is 10.1 Å². The van der Waals surface area contributed by atoms with E-state index in [1.54, 1.807) is 12.1 Å². The molecule has 3 aromatic rings. The van der Waals surface area contributed by atoms with Crippen LogP contribution in [0.2, 0.25) is 5.02 Å². The zero-order valence-electron chi connectivity index (χ0n) is 15.5. The van der Waals surface area contributed by atoms with Gasteiger partial charge in [-0.3, -0.25) is 9.59 Å². The highest BCUT2D eigenvalue weighted by Crippen LogP contribution is 2.42. The van der Waals surface area contributed by atoms with Gasteiger partial charge in [-0.15, -0.1) is 0 Å². The molecule has 0 unspecified atom stereocenters. The van der Waals surface area contributed by atoms with E-state index in [-0.39, 0.29) is 18.1 Å². The highest BCUT2D eigenvalue weighted by atomic mass is 35.5. The summed E-state index contributed by atoms with van der Waals surface area (Å²) in [7, 11) is 0. The van der Waals surface area contributed by atoms with Crippen LogP contribution < -0.4 is 5.56 Å². The summed E-state index contributed by atoms with van der Waals surface area (Å²) in [5.41, 5.74) is 0.455. The van der Waals surface area contributed by atoms with E-state index in [0.717, 1.165) is 42.7 Å². The van der Waals surface area contributed by atoms with Crippen LogP contribution in [0.1, 0.15) is 48.9 Å². The van der Waals surface area contributed by atoms with E-state index in [1.165, 1.54) is 21.9 Å². The quantitative estimate of drug-likeness (QED) is 0.588. The van der Waals surface area contributed by atoms with Crippen molar-refractivity contribution in [2.75, 3.05) is 0 Å². The van der Waals surface area contributed by atoms with Crippen LogP contribution in [0.4, 0.5) is 0 Å². The molecule has 0 N–H and O–H groups in total. The third kappa shape index (κ3) is 3.44. The van der Waals surface area contributed by atoms with Crippen LogP contribution in [0.5, 0.6) is 0 Å². The Balaban J connectivity index is 1.56. The lowest BCUT2D eigenvalue weighted by Crippen LogP contribution is -2.34. The van der Waals surface area contributed by atoms with Crippen molar-refractivity contribution in [2.24, 2.45) is 0 Å². The highest BCUT2D eigenvalue weighted by molar-refractivity contribution is 7.16. The van der Waals surface area contributed by atoms with E-state index in [1.807, 2.05) is 19.1 Å². The number of hydrogen-bond acceptors (Lipinski definition) is 6. The van der Waals surface area contributed by atoms with Crippen LogP contribution >= 0.6 is 22.9 Å². The Morgan fingerprint density at radius 2 is 2.00 bits per heavy atom. The maximum atomic E-state index is 13.0. The second-order valence-corrected chi connectivity index (χ2v) is 8.48. The van der Waals surface area contributed by atoms with Gasteiger partial charge >= 0.3 is 5.97 Å². The fraction of sp³-hybridized carbons (Fsp3) is 0.400. The van der Waals surface area contributed by atoms with Crippen molar-refractivity contribution in [3.63, 3.8) is 0 Å². The molecule has 2 aromatic heterocycles. The average molecular weight is 418 g/mol. The summed E-state index contributed by atoms with van der Waals surface area (Å²) >= 11 is 7.37. The zero-order valence-corrected chi connectivity index (χ0v) is 17.1. The maximum Gasteiger partial charge on any atom is 0.316 e. The summed E-state index contributed by atoms with van der Waals surface area (Å²) in [6, 6.07) is 8.78. The number of rotatable bonds is 5. The van der Waals surface area contributed by atoms with Gasteiger partial charge in [0.2, 0.25) is 4.96 Å². The number of carbonyl (C=O) groups excluding carboxylic acids is 1. The zero-order chi connectivity index (χ0) is 19.7. The molecule has 0 saturated heterocycles. The molecule has 0 atom stereocenters. The Bertz CT molecular complexity index is 1070. The Kier molecular flexibility index (Phi) is 5.21. The fourth-order valence-corrected chi connectivity index (χ4v) is 4.73. The summed E-state index contributed by atoms with van der Waals surface area (Å²) in [4.78, 5) is 30.3. The number of aromatic nitrogens is 3. The van der Waals surface area contributed by atoms with E-state index in [9.17, 15) is 9.59 Å². The second-order valence-electron chi connectivity index (χ2n) is 7.00. The first kappa shape index (κ1) is 19.1. The first-order valence-electron chi connectivity index (χ1n) is 9.34. The number of ether oxygens (including phenoxy) is 1. The predicted molar refractivity (Wildman–Crippen MR) is 108 cm³/mol. The van der Waals surface area contributed by atoms with Crippen molar-refractivity contribution in [2.45, 2.75) is 51.0 Å². The smallest absolute Gasteiger partial charge is 0.316 e. The minimum Gasteiger partial charge on any atom is -0.458 e. The normalized spacial score (nSPS) is 15.8. The molecule has 0 bridgehead atoms. The molecule has 1 fully saturated rings. The summed E-state index contributed by atoms with van der Waals surface area (Å²) in [5.74, 6) is -0.270. The number of carbonyl (C=O) groups is 1. The predicted octanol–water partition coefficient (Wildman–Crippen LogP) is 3.92. The van der Waals surface area contributed by atoms with E-state index >= 15 is 0 Å². The summed E-state index contributed by atoms with van der Waals surface area (Å²) in [5, 5.41) is 5.71. The number of esters is 1. The van der Waals surface area contributed by atoms with Gasteiger partial charge in [0.25, 0.3) is 5.56 Å². The molecule has 28 heavy (non-hydrogen) atoms. The van der Waals surface area contributed by atoms with Gasteiger partial charge in [0.15, 0.2) is 0 Å². The highest BCUT2D eigenvalue weighted by Gasteiger charge is 2.44. The van der Waals surface area contributed by atoms with E-state index < -0.39 is 5.41 Å².